The Hall–Kier alpha value is -1.51. The molecule has 0 aromatic heterocycles. The number of nitrogens with two attached hydrogens (primary N) is 1. The van der Waals surface area contributed by atoms with Crippen molar-refractivity contribution < 1.29 is 4.39 Å². The molecule has 0 unspecified atom stereocenters. The van der Waals surface area contributed by atoms with Crippen LogP contribution in [0.4, 0.5) is 15.8 Å². The molecule has 1 aromatic carbocycles. The molecule has 1 rings (SSSR count). The molecule has 0 aliphatic rings. The quantitative estimate of drug-likeness (QED) is 0.532. The first-order valence-electron chi connectivity index (χ1n) is 3.64. The van der Waals surface area contributed by atoms with Gasteiger partial charge in [0.25, 0.3) is 0 Å². The fourth-order valence-electron chi connectivity index (χ4n) is 0.857. The van der Waals surface area contributed by atoms with E-state index in [0.29, 0.717) is 17.9 Å². The molecule has 0 heterocycles. The van der Waals surface area contributed by atoms with Crippen molar-refractivity contribution in [2.24, 2.45) is 0 Å². The second kappa shape index (κ2) is 3.76. The van der Waals surface area contributed by atoms with Crippen molar-refractivity contribution in [3.8, 4) is 0 Å². The lowest BCUT2D eigenvalue weighted by Gasteiger charge is -2.04. The van der Waals surface area contributed by atoms with Crippen LogP contribution in [0.3, 0.4) is 0 Å². The van der Waals surface area contributed by atoms with Gasteiger partial charge in [0.05, 0.1) is 5.69 Å². The minimum Gasteiger partial charge on any atom is -0.399 e. The fourth-order valence-corrected chi connectivity index (χ4v) is 0.857. The first-order chi connectivity index (χ1) is 5.74. The molecule has 0 saturated carbocycles. The Balaban J connectivity index is 2.78. The second-order valence-corrected chi connectivity index (χ2v) is 2.41. The first-order valence-corrected chi connectivity index (χ1v) is 3.64. The Morgan fingerprint density at radius 3 is 2.92 bits per heavy atom. The van der Waals surface area contributed by atoms with Gasteiger partial charge in [0.1, 0.15) is 5.82 Å². The van der Waals surface area contributed by atoms with Gasteiger partial charge in [-0.15, -0.1) is 6.58 Å². The van der Waals surface area contributed by atoms with Crippen LogP contribution in [0.2, 0.25) is 0 Å². The van der Waals surface area contributed by atoms with Crippen LogP contribution >= 0.6 is 0 Å². The number of hydrogen-bond acceptors (Lipinski definition) is 2. The minimum absolute atomic E-state index is 0.336. The zero-order valence-corrected chi connectivity index (χ0v) is 6.68. The molecule has 0 aliphatic carbocycles. The molecular formula is C9H11FN2. The third-order valence-corrected chi connectivity index (χ3v) is 1.43. The monoisotopic (exact) mass is 166 g/mol. The summed E-state index contributed by atoms with van der Waals surface area (Å²) in [5, 5.41) is 2.84. The summed E-state index contributed by atoms with van der Waals surface area (Å²) in [4.78, 5) is 0. The predicted octanol–water partition coefficient (Wildman–Crippen LogP) is 2.01. The van der Waals surface area contributed by atoms with Crippen molar-refractivity contribution in [2.45, 2.75) is 0 Å². The molecule has 64 valence electrons. The lowest BCUT2D eigenvalue weighted by molar-refractivity contribution is 0.631. The van der Waals surface area contributed by atoms with Crippen molar-refractivity contribution in [1.82, 2.24) is 0 Å². The summed E-state index contributed by atoms with van der Waals surface area (Å²) >= 11 is 0. The van der Waals surface area contributed by atoms with Crippen LogP contribution in [-0.4, -0.2) is 6.54 Å². The molecule has 0 fully saturated rings. The highest BCUT2D eigenvalue weighted by Gasteiger charge is 1.99. The maximum atomic E-state index is 13.0. The summed E-state index contributed by atoms with van der Waals surface area (Å²) in [6, 6.07) is 4.54. The Bertz CT molecular complexity index is 284. The summed E-state index contributed by atoms with van der Waals surface area (Å²) in [6.07, 6.45) is 1.66. The van der Waals surface area contributed by atoms with Gasteiger partial charge >= 0.3 is 0 Å². The van der Waals surface area contributed by atoms with E-state index in [4.69, 9.17) is 5.73 Å². The maximum absolute atomic E-state index is 13.0. The molecule has 1 aromatic rings. The fraction of sp³-hybridized carbons (Fsp3) is 0.111. The van der Waals surface area contributed by atoms with Gasteiger partial charge in [0.15, 0.2) is 0 Å². The zero-order valence-electron chi connectivity index (χ0n) is 6.68. The second-order valence-electron chi connectivity index (χ2n) is 2.41. The molecular weight excluding hydrogens is 155 g/mol. The lowest BCUT2D eigenvalue weighted by atomic mass is 10.2. The van der Waals surface area contributed by atoms with Crippen molar-refractivity contribution >= 4 is 11.4 Å². The number of nitrogens with one attached hydrogen (secondary N) is 1. The molecule has 0 bridgehead atoms. The molecule has 0 aliphatic heterocycles. The zero-order chi connectivity index (χ0) is 8.97. The highest BCUT2D eigenvalue weighted by atomic mass is 19.1. The van der Waals surface area contributed by atoms with Gasteiger partial charge in [0.2, 0.25) is 0 Å². The summed E-state index contributed by atoms with van der Waals surface area (Å²) in [5.74, 6) is -0.336. The number of halogens is 1. The van der Waals surface area contributed by atoms with Gasteiger partial charge in [-0.3, -0.25) is 0 Å². The highest BCUT2D eigenvalue weighted by Crippen LogP contribution is 2.16. The normalized spacial score (nSPS) is 9.42. The topological polar surface area (TPSA) is 38.0 Å². The molecule has 12 heavy (non-hydrogen) atoms. The third-order valence-electron chi connectivity index (χ3n) is 1.43. The molecule has 0 amide bonds. The Morgan fingerprint density at radius 1 is 1.58 bits per heavy atom. The van der Waals surface area contributed by atoms with Crippen molar-refractivity contribution in [3.63, 3.8) is 0 Å². The minimum atomic E-state index is -0.336. The largest absolute Gasteiger partial charge is 0.399 e. The van der Waals surface area contributed by atoms with Crippen molar-refractivity contribution in [2.75, 3.05) is 17.6 Å². The first kappa shape index (κ1) is 8.59. The maximum Gasteiger partial charge on any atom is 0.148 e. The van der Waals surface area contributed by atoms with Crippen LogP contribution in [0.25, 0.3) is 0 Å². The molecule has 3 heteroatoms. The molecule has 3 N–H and O–H groups in total. The van der Waals surface area contributed by atoms with E-state index in [1.807, 2.05) is 0 Å². The van der Waals surface area contributed by atoms with Crippen LogP contribution in [0.5, 0.6) is 0 Å². The standard InChI is InChI=1S/C9H11FN2/c1-2-5-12-9-4-3-7(11)6-8(9)10/h2-4,6,12H,1,5,11H2. The number of rotatable bonds is 3. The number of anilines is 2. The van der Waals surface area contributed by atoms with Crippen LogP contribution in [-0.2, 0) is 0 Å². The van der Waals surface area contributed by atoms with Gasteiger partial charge in [-0.1, -0.05) is 6.08 Å². The van der Waals surface area contributed by atoms with E-state index in [-0.39, 0.29) is 5.82 Å². The summed E-state index contributed by atoms with van der Waals surface area (Å²) in [5.41, 5.74) is 6.24. The van der Waals surface area contributed by atoms with Crippen molar-refractivity contribution in [3.05, 3.63) is 36.7 Å². The van der Waals surface area contributed by atoms with E-state index in [9.17, 15) is 4.39 Å². The van der Waals surface area contributed by atoms with Gasteiger partial charge in [-0.05, 0) is 18.2 Å². The SMILES string of the molecule is C=CCNc1ccc(N)cc1F. The van der Waals surface area contributed by atoms with E-state index in [0.717, 1.165) is 0 Å². The van der Waals surface area contributed by atoms with Gasteiger partial charge in [-0.2, -0.15) is 0 Å². The third kappa shape index (κ3) is 1.99. The summed E-state index contributed by atoms with van der Waals surface area (Å²) in [7, 11) is 0. The molecule has 0 spiro atoms. The summed E-state index contributed by atoms with van der Waals surface area (Å²) < 4.78 is 13.0. The molecule has 0 radical (unpaired) electrons. The Kier molecular flexibility index (Phi) is 2.69. The highest BCUT2D eigenvalue weighted by molar-refractivity contribution is 5.52. The number of hydrogen-bond donors (Lipinski definition) is 2. The van der Waals surface area contributed by atoms with Crippen LogP contribution in [0.1, 0.15) is 0 Å². The van der Waals surface area contributed by atoms with E-state index in [1.165, 1.54) is 6.07 Å². The van der Waals surface area contributed by atoms with Gasteiger partial charge in [-0.25, -0.2) is 4.39 Å². The van der Waals surface area contributed by atoms with Gasteiger partial charge in [0, 0.05) is 12.2 Å². The average molecular weight is 166 g/mol. The molecule has 0 atom stereocenters. The predicted molar refractivity (Wildman–Crippen MR) is 49.5 cm³/mol. The lowest BCUT2D eigenvalue weighted by Crippen LogP contribution is -2.00. The number of nitrogen functional groups attached to an aromatic ring is 1. The van der Waals surface area contributed by atoms with Crippen LogP contribution in [0.15, 0.2) is 30.9 Å². The van der Waals surface area contributed by atoms with E-state index in [2.05, 4.69) is 11.9 Å². The number of benzene rings is 1. The van der Waals surface area contributed by atoms with E-state index < -0.39 is 0 Å². The molecule has 2 nitrogen and oxygen atoms in total. The van der Waals surface area contributed by atoms with Crippen LogP contribution in [0, 0.1) is 5.82 Å². The summed E-state index contributed by atoms with van der Waals surface area (Å²) in [6.45, 7) is 4.06. The average Bonchev–Trinajstić information content (AvgIpc) is 2.03. The van der Waals surface area contributed by atoms with E-state index in [1.54, 1.807) is 18.2 Å². The van der Waals surface area contributed by atoms with E-state index >= 15 is 0 Å². The van der Waals surface area contributed by atoms with Crippen molar-refractivity contribution in [1.29, 1.82) is 0 Å². The Labute approximate surface area is 70.9 Å². The molecule has 0 saturated heterocycles. The van der Waals surface area contributed by atoms with Gasteiger partial charge < -0.3 is 11.1 Å². The Morgan fingerprint density at radius 2 is 2.33 bits per heavy atom. The van der Waals surface area contributed by atoms with Crippen LogP contribution < -0.4 is 11.1 Å². The smallest absolute Gasteiger partial charge is 0.148 e.